The molecule has 4 aromatic rings. The van der Waals surface area contributed by atoms with Gasteiger partial charge in [0.05, 0.1) is 11.1 Å². The highest BCUT2D eigenvalue weighted by Gasteiger charge is 2.30. The summed E-state index contributed by atoms with van der Waals surface area (Å²) in [6, 6.07) is 20.2. The Kier molecular flexibility index (Phi) is 5.59. The third-order valence-corrected chi connectivity index (χ3v) is 4.89. The maximum Gasteiger partial charge on any atom is 0.416 e. The summed E-state index contributed by atoms with van der Waals surface area (Å²) >= 11 is 5.95. The lowest BCUT2D eigenvalue weighted by Crippen LogP contribution is -2.08. The van der Waals surface area contributed by atoms with Crippen LogP contribution in [0.25, 0.3) is 10.9 Å². The largest absolute Gasteiger partial charge is 0.416 e. The Morgan fingerprint density at radius 3 is 2.37 bits per heavy atom. The van der Waals surface area contributed by atoms with Crippen LogP contribution < -0.4 is 5.32 Å². The molecule has 30 heavy (non-hydrogen) atoms. The second-order valence-electron chi connectivity index (χ2n) is 6.86. The van der Waals surface area contributed by atoms with Crippen molar-refractivity contribution in [3.05, 3.63) is 100 Å². The van der Waals surface area contributed by atoms with E-state index in [0.717, 1.165) is 28.6 Å². The van der Waals surface area contributed by atoms with Gasteiger partial charge in [-0.05, 0) is 47.5 Å². The molecule has 0 saturated carbocycles. The quantitative estimate of drug-likeness (QED) is 0.394. The molecule has 4 rings (SSSR count). The zero-order chi connectivity index (χ0) is 21.1. The van der Waals surface area contributed by atoms with Gasteiger partial charge in [-0.2, -0.15) is 13.2 Å². The van der Waals surface area contributed by atoms with Gasteiger partial charge >= 0.3 is 6.18 Å². The minimum absolute atomic E-state index is 0.214. The molecule has 0 aliphatic rings. The number of aromatic nitrogens is 2. The van der Waals surface area contributed by atoms with Gasteiger partial charge in [-0.3, -0.25) is 0 Å². The zero-order valence-electron chi connectivity index (χ0n) is 15.7. The Balaban J connectivity index is 1.62. The van der Waals surface area contributed by atoms with E-state index < -0.39 is 11.7 Å². The van der Waals surface area contributed by atoms with Gasteiger partial charge in [-0.25, -0.2) is 9.97 Å². The van der Waals surface area contributed by atoms with Crippen LogP contribution in [0.3, 0.4) is 0 Å². The molecule has 1 N–H and O–H groups in total. The first-order valence-corrected chi connectivity index (χ1v) is 9.66. The number of rotatable bonds is 5. The van der Waals surface area contributed by atoms with Crippen molar-refractivity contribution in [2.75, 3.05) is 5.32 Å². The summed E-state index contributed by atoms with van der Waals surface area (Å²) in [6.07, 6.45) is -3.86. The van der Waals surface area contributed by atoms with E-state index >= 15 is 0 Å². The summed E-state index contributed by atoms with van der Waals surface area (Å²) < 4.78 is 38.9. The molecule has 1 heterocycles. The number of alkyl halides is 3. The molecule has 0 fully saturated rings. The minimum Gasteiger partial charge on any atom is -0.365 e. The Morgan fingerprint density at radius 2 is 1.60 bits per heavy atom. The summed E-state index contributed by atoms with van der Waals surface area (Å²) in [6.45, 7) is 0.214. The van der Waals surface area contributed by atoms with Gasteiger partial charge in [-0.15, -0.1) is 0 Å². The summed E-state index contributed by atoms with van der Waals surface area (Å²) in [5.74, 6) is 1.20. The predicted molar refractivity (Wildman–Crippen MR) is 113 cm³/mol. The van der Waals surface area contributed by atoms with Gasteiger partial charge in [0.25, 0.3) is 0 Å². The number of fused-ring (bicyclic) bond motifs is 1. The maximum absolute atomic E-state index is 13.0. The van der Waals surface area contributed by atoms with Crippen molar-refractivity contribution in [2.45, 2.75) is 19.1 Å². The van der Waals surface area contributed by atoms with E-state index in [9.17, 15) is 13.2 Å². The Morgan fingerprint density at radius 1 is 0.833 bits per heavy atom. The Hall–Kier alpha value is -3.12. The summed E-state index contributed by atoms with van der Waals surface area (Å²) in [7, 11) is 0. The van der Waals surface area contributed by atoms with E-state index in [1.54, 1.807) is 6.07 Å². The van der Waals surface area contributed by atoms with E-state index in [-0.39, 0.29) is 6.54 Å². The van der Waals surface area contributed by atoms with Crippen LogP contribution in [-0.4, -0.2) is 9.97 Å². The molecule has 0 unspecified atom stereocenters. The average Bonchev–Trinajstić information content (AvgIpc) is 2.73. The molecular formula is C23H17ClF3N3. The summed E-state index contributed by atoms with van der Waals surface area (Å²) in [4.78, 5) is 9.25. The van der Waals surface area contributed by atoms with E-state index in [1.807, 2.05) is 48.5 Å². The normalized spacial score (nSPS) is 11.6. The standard InChI is InChI=1S/C23H17ClF3N3/c24-18-10-8-15(9-11-18)13-21-29-20-7-2-1-6-19(20)22(30-21)28-14-16-4-3-5-17(12-16)23(25,26)27/h1-12H,13-14H2,(H,28,29,30). The highest BCUT2D eigenvalue weighted by molar-refractivity contribution is 6.30. The Labute approximate surface area is 176 Å². The second kappa shape index (κ2) is 8.32. The lowest BCUT2D eigenvalue weighted by molar-refractivity contribution is -0.137. The van der Waals surface area contributed by atoms with Crippen molar-refractivity contribution < 1.29 is 13.2 Å². The molecule has 3 nitrogen and oxygen atoms in total. The first-order valence-electron chi connectivity index (χ1n) is 9.28. The molecule has 0 bridgehead atoms. The number of hydrogen-bond acceptors (Lipinski definition) is 3. The molecule has 0 amide bonds. The van der Waals surface area contributed by atoms with Crippen LogP contribution in [0.4, 0.5) is 19.0 Å². The highest BCUT2D eigenvalue weighted by Crippen LogP contribution is 2.30. The smallest absolute Gasteiger partial charge is 0.365 e. The molecule has 0 radical (unpaired) electrons. The van der Waals surface area contributed by atoms with Crippen molar-refractivity contribution in [2.24, 2.45) is 0 Å². The fourth-order valence-corrected chi connectivity index (χ4v) is 3.29. The first-order chi connectivity index (χ1) is 14.4. The van der Waals surface area contributed by atoms with Gasteiger partial charge in [0.1, 0.15) is 11.6 Å². The molecule has 0 spiro atoms. The molecule has 0 aliphatic carbocycles. The second-order valence-corrected chi connectivity index (χ2v) is 7.30. The topological polar surface area (TPSA) is 37.8 Å². The molecule has 7 heteroatoms. The highest BCUT2D eigenvalue weighted by atomic mass is 35.5. The monoisotopic (exact) mass is 427 g/mol. The van der Waals surface area contributed by atoms with Crippen molar-refractivity contribution in [1.82, 2.24) is 9.97 Å². The lowest BCUT2D eigenvalue weighted by atomic mass is 10.1. The van der Waals surface area contributed by atoms with Gasteiger partial charge in [0.2, 0.25) is 0 Å². The zero-order valence-corrected chi connectivity index (χ0v) is 16.5. The van der Waals surface area contributed by atoms with Gasteiger partial charge in [-0.1, -0.05) is 48.0 Å². The average molecular weight is 428 g/mol. The number of para-hydroxylation sites is 1. The van der Waals surface area contributed by atoms with Gasteiger partial charge in [0, 0.05) is 23.4 Å². The molecular weight excluding hydrogens is 411 g/mol. The van der Waals surface area contributed by atoms with Crippen molar-refractivity contribution >= 4 is 28.3 Å². The fourth-order valence-electron chi connectivity index (χ4n) is 3.17. The minimum atomic E-state index is -4.37. The van der Waals surface area contributed by atoms with Gasteiger partial charge < -0.3 is 5.32 Å². The lowest BCUT2D eigenvalue weighted by Gasteiger charge is -2.12. The van der Waals surface area contributed by atoms with E-state index in [1.165, 1.54) is 6.07 Å². The first kappa shape index (κ1) is 20.2. The van der Waals surface area contributed by atoms with Crippen LogP contribution in [-0.2, 0) is 19.1 Å². The Bertz CT molecular complexity index is 1170. The number of nitrogens with one attached hydrogen (secondary N) is 1. The van der Waals surface area contributed by atoms with Crippen molar-refractivity contribution in [1.29, 1.82) is 0 Å². The van der Waals surface area contributed by atoms with Gasteiger partial charge in [0.15, 0.2) is 0 Å². The number of halogens is 4. The molecule has 152 valence electrons. The van der Waals surface area contributed by atoms with Crippen LogP contribution in [0.15, 0.2) is 72.8 Å². The van der Waals surface area contributed by atoms with Crippen molar-refractivity contribution in [3.63, 3.8) is 0 Å². The summed E-state index contributed by atoms with van der Waals surface area (Å²) in [5, 5.41) is 4.64. The van der Waals surface area contributed by atoms with E-state index in [0.29, 0.717) is 28.6 Å². The van der Waals surface area contributed by atoms with Crippen LogP contribution >= 0.6 is 11.6 Å². The number of anilines is 1. The summed E-state index contributed by atoms with van der Waals surface area (Å²) in [5.41, 5.74) is 1.63. The predicted octanol–water partition coefficient (Wildman–Crippen LogP) is 6.50. The number of hydrogen-bond donors (Lipinski definition) is 1. The maximum atomic E-state index is 13.0. The fraction of sp³-hybridized carbons (Fsp3) is 0.130. The van der Waals surface area contributed by atoms with E-state index in [2.05, 4.69) is 15.3 Å². The van der Waals surface area contributed by atoms with Crippen molar-refractivity contribution in [3.8, 4) is 0 Å². The molecule has 3 aromatic carbocycles. The number of nitrogens with zero attached hydrogens (tertiary/aromatic N) is 2. The molecule has 0 atom stereocenters. The SMILES string of the molecule is FC(F)(F)c1cccc(CNc2nc(Cc3ccc(Cl)cc3)nc3ccccc23)c1. The van der Waals surface area contributed by atoms with E-state index in [4.69, 9.17) is 11.6 Å². The third kappa shape index (κ3) is 4.71. The van der Waals surface area contributed by atoms with Crippen LogP contribution in [0.1, 0.15) is 22.5 Å². The van der Waals surface area contributed by atoms with Crippen LogP contribution in [0.5, 0.6) is 0 Å². The van der Waals surface area contributed by atoms with Crippen LogP contribution in [0.2, 0.25) is 5.02 Å². The van der Waals surface area contributed by atoms with Crippen LogP contribution in [0, 0.1) is 0 Å². The third-order valence-electron chi connectivity index (χ3n) is 4.64. The number of benzene rings is 3. The molecule has 0 saturated heterocycles. The molecule has 0 aliphatic heterocycles. The molecule has 1 aromatic heterocycles.